The van der Waals surface area contributed by atoms with Gasteiger partial charge in [0.1, 0.15) is 11.5 Å². The number of hydrazone groups is 1. The van der Waals surface area contributed by atoms with Crippen molar-refractivity contribution in [1.82, 2.24) is 10.4 Å². The predicted molar refractivity (Wildman–Crippen MR) is 106 cm³/mol. The molecule has 4 nitrogen and oxygen atoms in total. The minimum absolute atomic E-state index is 0.660. The maximum Gasteiger partial charge on any atom is 0.136 e. The van der Waals surface area contributed by atoms with Gasteiger partial charge in [-0.05, 0) is 42.3 Å². The SMILES string of the molecule is C=C(N/N=C/c1cccnc1)c1ccccc1Oc1cccc(CC)c1. The van der Waals surface area contributed by atoms with Gasteiger partial charge in [0.2, 0.25) is 0 Å². The highest BCUT2D eigenvalue weighted by atomic mass is 16.5. The van der Waals surface area contributed by atoms with Crippen LogP contribution in [0, 0.1) is 0 Å². The second-order valence-electron chi connectivity index (χ2n) is 5.73. The topological polar surface area (TPSA) is 46.5 Å². The molecule has 0 aliphatic heterocycles. The van der Waals surface area contributed by atoms with Gasteiger partial charge in [-0.3, -0.25) is 10.4 Å². The number of aryl methyl sites for hydroxylation is 1. The summed E-state index contributed by atoms with van der Waals surface area (Å²) in [5.41, 5.74) is 6.63. The van der Waals surface area contributed by atoms with E-state index in [-0.39, 0.29) is 0 Å². The van der Waals surface area contributed by atoms with Crippen molar-refractivity contribution in [2.75, 3.05) is 0 Å². The zero-order valence-corrected chi connectivity index (χ0v) is 14.7. The molecule has 1 heterocycles. The van der Waals surface area contributed by atoms with Gasteiger partial charge in [0, 0.05) is 23.5 Å². The van der Waals surface area contributed by atoms with Crippen LogP contribution < -0.4 is 10.2 Å². The molecule has 0 radical (unpaired) electrons. The fraction of sp³-hybridized carbons (Fsp3) is 0.0909. The molecule has 26 heavy (non-hydrogen) atoms. The Morgan fingerprint density at radius 3 is 2.85 bits per heavy atom. The van der Waals surface area contributed by atoms with Gasteiger partial charge in [-0.25, -0.2) is 0 Å². The molecule has 0 saturated carbocycles. The van der Waals surface area contributed by atoms with Gasteiger partial charge < -0.3 is 4.74 Å². The number of ether oxygens (including phenoxy) is 1. The maximum absolute atomic E-state index is 6.08. The van der Waals surface area contributed by atoms with E-state index in [9.17, 15) is 0 Å². The average molecular weight is 343 g/mol. The molecule has 130 valence electrons. The van der Waals surface area contributed by atoms with Crippen LogP contribution in [0.15, 0.2) is 84.7 Å². The molecule has 0 unspecified atom stereocenters. The van der Waals surface area contributed by atoms with Crippen molar-refractivity contribution in [3.8, 4) is 11.5 Å². The largest absolute Gasteiger partial charge is 0.457 e. The maximum atomic E-state index is 6.08. The Hall–Kier alpha value is -3.40. The van der Waals surface area contributed by atoms with Crippen LogP contribution in [-0.2, 0) is 6.42 Å². The molecule has 3 rings (SSSR count). The minimum Gasteiger partial charge on any atom is -0.457 e. The molecule has 1 N–H and O–H groups in total. The van der Waals surface area contributed by atoms with Crippen LogP contribution in [0.4, 0.5) is 0 Å². The Morgan fingerprint density at radius 1 is 1.15 bits per heavy atom. The van der Waals surface area contributed by atoms with E-state index in [1.807, 2.05) is 54.6 Å². The number of nitrogens with zero attached hydrogens (tertiary/aromatic N) is 2. The molecule has 2 aromatic carbocycles. The van der Waals surface area contributed by atoms with Crippen LogP contribution >= 0.6 is 0 Å². The number of hydrogen-bond acceptors (Lipinski definition) is 4. The first-order valence-electron chi connectivity index (χ1n) is 8.50. The van der Waals surface area contributed by atoms with Crippen LogP contribution in [0.3, 0.4) is 0 Å². The van der Waals surface area contributed by atoms with E-state index < -0.39 is 0 Å². The molecule has 0 spiro atoms. The third-order valence-corrected chi connectivity index (χ3v) is 3.84. The fourth-order valence-electron chi connectivity index (χ4n) is 2.46. The number of hydrogen-bond donors (Lipinski definition) is 1. The minimum atomic E-state index is 0.660. The zero-order chi connectivity index (χ0) is 18.2. The summed E-state index contributed by atoms with van der Waals surface area (Å²) in [4.78, 5) is 4.05. The summed E-state index contributed by atoms with van der Waals surface area (Å²) < 4.78 is 6.08. The van der Waals surface area contributed by atoms with E-state index >= 15 is 0 Å². The van der Waals surface area contributed by atoms with Gasteiger partial charge in [0.25, 0.3) is 0 Å². The summed E-state index contributed by atoms with van der Waals surface area (Å²) in [5, 5.41) is 4.22. The lowest BCUT2D eigenvalue weighted by molar-refractivity contribution is 0.480. The van der Waals surface area contributed by atoms with E-state index in [1.54, 1.807) is 18.6 Å². The lowest BCUT2D eigenvalue weighted by Gasteiger charge is -2.13. The smallest absolute Gasteiger partial charge is 0.136 e. The number of rotatable bonds is 7. The van der Waals surface area contributed by atoms with Crippen molar-refractivity contribution in [1.29, 1.82) is 0 Å². The molecular weight excluding hydrogens is 322 g/mol. The normalized spacial score (nSPS) is 10.7. The van der Waals surface area contributed by atoms with Crippen LogP contribution in [0.5, 0.6) is 11.5 Å². The second-order valence-corrected chi connectivity index (χ2v) is 5.73. The van der Waals surface area contributed by atoms with Gasteiger partial charge >= 0.3 is 0 Å². The lowest BCUT2D eigenvalue weighted by Crippen LogP contribution is -2.05. The molecule has 3 aromatic rings. The third kappa shape index (κ3) is 4.57. The van der Waals surface area contributed by atoms with Gasteiger partial charge in [-0.15, -0.1) is 0 Å². The van der Waals surface area contributed by atoms with Crippen LogP contribution in [0.2, 0.25) is 0 Å². The monoisotopic (exact) mass is 343 g/mol. The predicted octanol–water partition coefficient (Wildman–Crippen LogP) is 5.03. The highest BCUT2D eigenvalue weighted by Gasteiger charge is 2.07. The molecule has 0 bridgehead atoms. The Bertz CT molecular complexity index is 904. The van der Waals surface area contributed by atoms with Gasteiger partial charge in [0.15, 0.2) is 0 Å². The molecule has 0 aliphatic carbocycles. The van der Waals surface area contributed by atoms with E-state index in [0.29, 0.717) is 5.70 Å². The molecule has 4 heteroatoms. The van der Waals surface area contributed by atoms with Gasteiger partial charge in [0.05, 0.1) is 11.9 Å². The number of nitrogens with one attached hydrogen (secondary N) is 1. The molecule has 0 saturated heterocycles. The van der Waals surface area contributed by atoms with E-state index in [4.69, 9.17) is 4.74 Å². The van der Waals surface area contributed by atoms with Crippen LogP contribution in [0.25, 0.3) is 5.70 Å². The molecule has 0 aliphatic rings. The Labute approximate surface area is 153 Å². The van der Waals surface area contributed by atoms with Crippen LogP contribution in [0.1, 0.15) is 23.6 Å². The second kappa shape index (κ2) is 8.62. The molecule has 0 amide bonds. The summed E-state index contributed by atoms with van der Waals surface area (Å²) in [7, 11) is 0. The summed E-state index contributed by atoms with van der Waals surface area (Å²) in [5.74, 6) is 1.54. The standard InChI is InChI=1S/C22H21N3O/c1-3-18-8-6-10-20(14-18)26-22-12-5-4-11-21(22)17(2)25-24-16-19-9-7-13-23-15-19/h4-16,25H,2-3H2,1H3/b24-16+. The first-order chi connectivity index (χ1) is 12.8. The van der Waals surface area contributed by atoms with Crippen molar-refractivity contribution >= 4 is 11.9 Å². The summed E-state index contributed by atoms with van der Waals surface area (Å²) in [6.45, 7) is 6.20. The molecule has 0 atom stereocenters. The Kier molecular flexibility index (Phi) is 5.78. The highest BCUT2D eigenvalue weighted by Crippen LogP contribution is 2.29. The zero-order valence-electron chi connectivity index (χ0n) is 14.7. The van der Waals surface area contributed by atoms with Crippen molar-refractivity contribution in [2.24, 2.45) is 5.10 Å². The number of benzene rings is 2. The summed E-state index contributed by atoms with van der Waals surface area (Å²) in [6.07, 6.45) is 6.14. The average Bonchev–Trinajstić information content (AvgIpc) is 2.69. The molecular formula is C22H21N3O. The van der Waals surface area contributed by atoms with E-state index in [0.717, 1.165) is 29.0 Å². The van der Waals surface area contributed by atoms with Crippen LogP contribution in [-0.4, -0.2) is 11.2 Å². The van der Waals surface area contributed by atoms with Crippen molar-refractivity contribution in [2.45, 2.75) is 13.3 Å². The number of para-hydroxylation sites is 1. The highest BCUT2D eigenvalue weighted by molar-refractivity contribution is 5.79. The summed E-state index contributed by atoms with van der Waals surface area (Å²) >= 11 is 0. The Morgan fingerprint density at radius 2 is 2.04 bits per heavy atom. The van der Waals surface area contributed by atoms with E-state index in [2.05, 4.69) is 35.1 Å². The van der Waals surface area contributed by atoms with E-state index in [1.165, 1.54) is 5.56 Å². The molecule has 1 aromatic heterocycles. The Balaban J connectivity index is 1.73. The van der Waals surface area contributed by atoms with Gasteiger partial charge in [-0.2, -0.15) is 5.10 Å². The molecule has 0 fully saturated rings. The van der Waals surface area contributed by atoms with Gasteiger partial charge in [-0.1, -0.05) is 43.8 Å². The number of pyridine rings is 1. The third-order valence-electron chi connectivity index (χ3n) is 3.84. The lowest BCUT2D eigenvalue weighted by atomic mass is 10.1. The summed E-state index contributed by atoms with van der Waals surface area (Å²) in [6, 6.07) is 19.6. The quantitative estimate of drug-likeness (QED) is 0.483. The van der Waals surface area contributed by atoms with Crippen molar-refractivity contribution < 1.29 is 4.74 Å². The first kappa shape index (κ1) is 17.4. The van der Waals surface area contributed by atoms with Crippen molar-refractivity contribution in [3.05, 3.63) is 96.3 Å². The fourth-order valence-corrected chi connectivity index (χ4v) is 2.46. The number of aromatic nitrogens is 1. The van der Waals surface area contributed by atoms with Crippen molar-refractivity contribution in [3.63, 3.8) is 0 Å². The first-order valence-corrected chi connectivity index (χ1v) is 8.50.